The van der Waals surface area contributed by atoms with E-state index in [1.807, 2.05) is 43.4 Å². The number of rotatable bonds is 8. The maximum atomic E-state index is 9.56. The average Bonchev–Trinajstić information content (AvgIpc) is 3.24. The third-order valence-corrected chi connectivity index (χ3v) is 4.74. The summed E-state index contributed by atoms with van der Waals surface area (Å²) >= 11 is 1.61. The lowest BCUT2D eigenvalue weighted by Gasteiger charge is -2.05. The van der Waals surface area contributed by atoms with Gasteiger partial charge in [-0.3, -0.25) is 0 Å². The van der Waals surface area contributed by atoms with Gasteiger partial charge in [0.05, 0.1) is 12.6 Å². The number of hydrogen-bond acceptors (Lipinski definition) is 7. The number of tetrazole rings is 1. The summed E-state index contributed by atoms with van der Waals surface area (Å²) in [5.41, 5.74) is 1.90. The average molecular weight is 395 g/mol. The Labute approximate surface area is 162 Å². The van der Waals surface area contributed by atoms with Gasteiger partial charge in [0.15, 0.2) is 0 Å². The first-order valence-corrected chi connectivity index (χ1v) is 9.05. The number of hydrogen-bond donors (Lipinski definition) is 2. The molecule has 0 aliphatic rings. The van der Waals surface area contributed by atoms with Crippen molar-refractivity contribution in [2.45, 2.75) is 24.7 Å². The Morgan fingerprint density at radius 3 is 2.65 bits per heavy atom. The van der Waals surface area contributed by atoms with Gasteiger partial charge in [-0.25, -0.2) is 4.68 Å². The molecular formula is C17H21ClN5O2S-. The van der Waals surface area contributed by atoms with E-state index in [1.54, 1.807) is 23.4 Å². The number of thioether (sulfide) groups is 1. The molecule has 0 bridgehead atoms. The molecule has 1 aromatic carbocycles. The van der Waals surface area contributed by atoms with Gasteiger partial charge in [-0.15, -0.1) is 5.10 Å². The topological polar surface area (TPSA) is 89.0 Å². The van der Waals surface area contributed by atoms with Crippen LogP contribution in [0.2, 0.25) is 0 Å². The Morgan fingerprint density at radius 1 is 1.23 bits per heavy atom. The van der Waals surface area contributed by atoms with Gasteiger partial charge in [0.2, 0.25) is 5.16 Å². The Balaban J connectivity index is 0.00000243. The van der Waals surface area contributed by atoms with Crippen LogP contribution in [0.4, 0.5) is 0 Å². The summed E-state index contributed by atoms with van der Waals surface area (Å²) in [6, 6.07) is 11.7. The number of furan rings is 1. The summed E-state index contributed by atoms with van der Waals surface area (Å²) in [6.07, 6.45) is -0.458. The summed E-state index contributed by atoms with van der Waals surface area (Å²) < 4.78 is 7.53. The number of benzene rings is 1. The zero-order valence-corrected chi connectivity index (χ0v) is 16.2. The molecular weight excluding hydrogens is 374 g/mol. The van der Waals surface area contributed by atoms with Crippen molar-refractivity contribution in [1.82, 2.24) is 25.5 Å². The van der Waals surface area contributed by atoms with Crippen LogP contribution in [0.25, 0.3) is 11.3 Å². The molecule has 2 aromatic heterocycles. The zero-order valence-electron chi connectivity index (χ0n) is 14.6. The van der Waals surface area contributed by atoms with Crippen molar-refractivity contribution in [3.8, 4) is 11.3 Å². The van der Waals surface area contributed by atoms with Crippen LogP contribution >= 0.6 is 11.8 Å². The first-order chi connectivity index (χ1) is 12.1. The highest BCUT2D eigenvalue weighted by atomic mass is 35.5. The van der Waals surface area contributed by atoms with Crippen molar-refractivity contribution in [2.24, 2.45) is 7.05 Å². The molecule has 0 aliphatic heterocycles. The van der Waals surface area contributed by atoms with Gasteiger partial charge in [-0.05, 0) is 35.0 Å². The number of aliphatic hydroxyl groups is 1. The van der Waals surface area contributed by atoms with Crippen LogP contribution in [0.3, 0.4) is 0 Å². The van der Waals surface area contributed by atoms with Crippen molar-refractivity contribution in [3.63, 3.8) is 0 Å². The number of halogens is 1. The molecule has 0 spiro atoms. The monoisotopic (exact) mass is 394 g/mol. The van der Waals surface area contributed by atoms with Crippen molar-refractivity contribution in [2.75, 3.05) is 12.3 Å². The van der Waals surface area contributed by atoms with Gasteiger partial charge in [-0.2, -0.15) is 0 Å². The second kappa shape index (κ2) is 9.72. The molecule has 0 aliphatic carbocycles. The van der Waals surface area contributed by atoms with Gasteiger partial charge in [0.1, 0.15) is 11.5 Å². The fourth-order valence-electron chi connectivity index (χ4n) is 2.32. The second-order valence-electron chi connectivity index (χ2n) is 5.67. The van der Waals surface area contributed by atoms with E-state index in [4.69, 9.17) is 4.42 Å². The van der Waals surface area contributed by atoms with Crippen LogP contribution in [0.15, 0.2) is 46.0 Å². The minimum atomic E-state index is -0.458. The Hall–Kier alpha value is -1.87. The van der Waals surface area contributed by atoms with E-state index in [0.29, 0.717) is 6.54 Å². The van der Waals surface area contributed by atoms with Gasteiger partial charge < -0.3 is 27.2 Å². The van der Waals surface area contributed by atoms with Gasteiger partial charge in [0.25, 0.3) is 0 Å². The molecule has 26 heavy (non-hydrogen) atoms. The van der Waals surface area contributed by atoms with E-state index in [1.165, 1.54) is 0 Å². The van der Waals surface area contributed by atoms with Gasteiger partial charge >= 0.3 is 0 Å². The largest absolute Gasteiger partial charge is 1.00 e. The molecule has 0 saturated carbocycles. The first kappa shape index (κ1) is 20.4. The molecule has 1 unspecified atom stereocenters. The van der Waals surface area contributed by atoms with Crippen molar-refractivity contribution in [1.29, 1.82) is 0 Å². The highest BCUT2D eigenvalue weighted by molar-refractivity contribution is 7.99. The summed E-state index contributed by atoms with van der Waals surface area (Å²) in [5, 5.41) is 25.0. The molecule has 1 atom stereocenters. The number of aromatic nitrogens is 4. The number of nitrogens with one attached hydrogen (secondary N) is 1. The fraction of sp³-hybridized carbons (Fsp3) is 0.353. The Bertz CT molecular complexity index is 804. The SMILES string of the molecule is CC(O)c1ccc(-c2ccc(CNCCSc3nnnn3C)o2)cc1.[Cl-]. The Morgan fingerprint density at radius 2 is 2.00 bits per heavy atom. The Kier molecular flexibility index (Phi) is 7.65. The van der Waals surface area contributed by atoms with E-state index in [2.05, 4.69) is 20.8 Å². The maximum absolute atomic E-state index is 9.56. The zero-order chi connectivity index (χ0) is 17.6. The highest BCUT2D eigenvalue weighted by Crippen LogP contribution is 2.24. The molecule has 2 N–H and O–H groups in total. The van der Waals surface area contributed by atoms with Gasteiger partial charge in [-0.1, -0.05) is 36.0 Å². The molecule has 0 saturated heterocycles. The number of aryl methyl sites for hydroxylation is 1. The lowest BCUT2D eigenvalue weighted by molar-refractivity contribution is -0.00000780. The molecule has 140 valence electrons. The summed E-state index contributed by atoms with van der Waals surface area (Å²) in [5.74, 6) is 2.59. The van der Waals surface area contributed by atoms with Crippen LogP contribution in [0, 0.1) is 0 Å². The predicted molar refractivity (Wildman–Crippen MR) is 96.0 cm³/mol. The molecule has 0 amide bonds. The summed E-state index contributed by atoms with van der Waals surface area (Å²) in [7, 11) is 1.83. The maximum Gasteiger partial charge on any atom is 0.209 e. The third kappa shape index (κ3) is 5.31. The smallest absolute Gasteiger partial charge is 0.209 e. The van der Waals surface area contributed by atoms with Crippen molar-refractivity contribution in [3.05, 3.63) is 47.7 Å². The molecule has 2 heterocycles. The highest BCUT2D eigenvalue weighted by Gasteiger charge is 2.07. The first-order valence-electron chi connectivity index (χ1n) is 8.06. The number of nitrogens with zero attached hydrogens (tertiary/aromatic N) is 4. The van der Waals surface area contributed by atoms with Crippen LogP contribution in [0.1, 0.15) is 24.4 Å². The van der Waals surface area contributed by atoms with E-state index >= 15 is 0 Å². The summed E-state index contributed by atoms with van der Waals surface area (Å²) in [4.78, 5) is 0. The minimum absolute atomic E-state index is 0. The van der Waals surface area contributed by atoms with E-state index in [0.717, 1.165) is 40.1 Å². The van der Waals surface area contributed by atoms with Gasteiger partial charge in [0, 0.05) is 24.9 Å². The predicted octanol–water partition coefficient (Wildman–Crippen LogP) is -0.591. The standard InChI is InChI=1S/C17H21N5O2S.ClH/c1-12(23)13-3-5-14(6-4-13)16-8-7-15(24-16)11-18-9-10-25-17-19-20-21-22(17)2;/h3-8,12,18,23H,9-11H2,1-2H3;1H/p-1. The van der Waals surface area contributed by atoms with Crippen LogP contribution in [-0.4, -0.2) is 37.6 Å². The van der Waals surface area contributed by atoms with Crippen molar-refractivity contribution < 1.29 is 21.9 Å². The van der Waals surface area contributed by atoms with Crippen LogP contribution in [0.5, 0.6) is 0 Å². The molecule has 7 nitrogen and oxygen atoms in total. The normalized spacial score (nSPS) is 12.0. The molecule has 9 heteroatoms. The van der Waals surface area contributed by atoms with Crippen LogP contribution in [-0.2, 0) is 13.6 Å². The molecule has 3 rings (SSSR count). The van der Waals surface area contributed by atoms with Crippen LogP contribution < -0.4 is 17.7 Å². The van der Waals surface area contributed by atoms with Crippen molar-refractivity contribution >= 4 is 11.8 Å². The molecule has 3 aromatic rings. The second-order valence-corrected chi connectivity index (χ2v) is 6.74. The molecule has 0 radical (unpaired) electrons. The minimum Gasteiger partial charge on any atom is -1.00 e. The van der Waals surface area contributed by atoms with E-state index in [9.17, 15) is 5.11 Å². The third-order valence-electron chi connectivity index (χ3n) is 3.73. The lowest BCUT2D eigenvalue weighted by Crippen LogP contribution is -3.00. The number of aliphatic hydroxyl groups excluding tert-OH is 1. The quantitative estimate of drug-likeness (QED) is 0.390. The van der Waals surface area contributed by atoms with E-state index < -0.39 is 6.10 Å². The van der Waals surface area contributed by atoms with E-state index in [-0.39, 0.29) is 12.4 Å². The summed E-state index contributed by atoms with van der Waals surface area (Å²) in [6.45, 7) is 3.25. The lowest BCUT2D eigenvalue weighted by atomic mass is 10.1. The molecule has 0 fully saturated rings. The fourth-order valence-corrected chi connectivity index (χ4v) is 3.07.